The van der Waals surface area contributed by atoms with Crippen molar-refractivity contribution in [1.82, 2.24) is 4.90 Å². The summed E-state index contributed by atoms with van der Waals surface area (Å²) in [6.45, 7) is 3.11. The van der Waals surface area contributed by atoms with E-state index in [0.29, 0.717) is 13.1 Å². The third kappa shape index (κ3) is 3.73. The first-order valence-corrected chi connectivity index (χ1v) is 8.71. The third-order valence-corrected chi connectivity index (χ3v) is 5.25. The minimum atomic E-state index is -0.417. The maximum absolute atomic E-state index is 12.5. The number of nitrogens with two attached hydrogens (primary N) is 1. The minimum absolute atomic E-state index is 0.0492. The number of rotatable bonds is 3. The maximum Gasteiger partial charge on any atom is 0.289 e. The average Bonchev–Trinajstić information content (AvgIpc) is 3.06. The predicted molar refractivity (Wildman–Crippen MR) is 96.3 cm³/mol. The van der Waals surface area contributed by atoms with E-state index >= 15 is 0 Å². The predicted octanol–water partition coefficient (Wildman–Crippen LogP) is 3.77. The van der Waals surface area contributed by atoms with Crippen molar-refractivity contribution >= 4 is 34.9 Å². The van der Waals surface area contributed by atoms with Gasteiger partial charge < -0.3 is 15.1 Å². The number of nitrogens with zero attached hydrogens (tertiary/aromatic N) is 1. The number of hydrogen-bond donors (Lipinski definition) is 1. The number of carbonyl (C=O) groups excluding carboxylic acids is 2. The van der Waals surface area contributed by atoms with Crippen molar-refractivity contribution in [1.29, 1.82) is 0 Å². The van der Waals surface area contributed by atoms with E-state index in [0.717, 1.165) is 12.8 Å². The van der Waals surface area contributed by atoms with Gasteiger partial charge in [0.2, 0.25) is 5.78 Å². The Hall–Kier alpha value is -1.82. The Morgan fingerprint density at radius 3 is 2.44 bits per heavy atom. The fraction of sp³-hybridized carbons (Fsp3) is 0.333. The number of ketones is 1. The zero-order chi connectivity index (χ0) is 18.2. The van der Waals surface area contributed by atoms with Crippen LogP contribution in [0.5, 0.6) is 0 Å². The summed E-state index contributed by atoms with van der Waals surface area (Å²) in [4.78, 5) is 26.8. The van der Waals surface area contributed by atoms with E-state index in [9.17, 15) is 9.59 Å². The number of halogens is 2. The Morgan fingerprint density at radius 2 is 1.76 bits per heavy atom. The lowest BCUT2D eigenvalue weighted by molar-refractivity contribution is 0.0647. The van der Waals surface area contributed by atoms with Gasteiger partial charge in [0.1, 0.15) is 0 Å². The lowest BCUT2D eigenvalue weighted by atomic mass is 9.91. The highest BCUT2D eigenvalue weighted by molar-refractivity contribution is 6.44. The van der Waals surface area contributed by atoms with E-state index in [2.05, 4.69) is 0 Å². The number of benzene rings is 1. The first-order chi connectivity index (χ1) is 11.8. The van der Waals surface area contributed by atoms with E-state index < -0.39 is 5.78 Å². The van der Waals surface area contributed by atoms with Crippen LogP contribution in [-0.4, -0.2) is 35.2 Å². The van der Waals surface area contributed by atoms with Crippen molar-refractivity contribution in [2.24, 2.45) is 5.73 Å². The normalized spacial score (nSPS) is 16.7. The summed E-state index contributed by atoms with van der Waals surface area (Å²) in [5.41, 5.74) is 6.07. The minimum Gasteiger partial charge on any atom is -0.447 e. The molecular formula is C18H18Cl2N2O3. The van der Waals surface area contributed by atoms with Crippen LogP contribution in [0, 0.1) is 0 Å². The molecular weight excluding hydrogens is 363 g/mol. The highest BCUT2D eigenvalue weighted by atomic mass is 35.5. The van der Waals surface area contributed by atoms with Gasteiger partial charge in [-0.15, -0.1) is 0 Å². The lowest BCUT2D eigenvalue weighted by Gasteiger charge is -2.36. The molecule has 0 atom stereocenters. The van der Waals surface area contributed by atoms with Gasteiger partial charge in [0.15, 0.2) is 11.5 Å². The van der Waals surface area contributed by atoms with Gasteiger partial charge >= 0.3 is 0 Å². The fourth-order valence-electron chi connectivity index (χ4n) is 2.76. The Balaban J connectivity index is 1.77. The second kappa shape index (κ2) is 6.83. The molecule has 3 rings (SSSR count). The number of hydrogen-bond acceptors (Lipinski definition) is 4. The van der Waals surface area contributed by atoms with Crippen LogP contribution in [-0.2, 0) is 0 Å². The summed E-state index contributed by atoms with van der Waals surface area (Å²) in [5, 5.41) is 0.449. The summed E-state index contributed by atoms with van der Waals surface area (Å²) in [5.74, 6) is -0.484. The van der Waals surface area contributed by atoms with Crippen molar-refractivity contribution in [2.45, 2.75) is 25.3 Å². The molecule has 2 aromatic rings. The van der Waals surface area contributed by atoms with E-state index in [-0.39, 0.29) is 38.6 Å². The average molecular weight is 381 g/mol. The Bertz CT molecular complexity index is 819. The van der Waals surface area contributed by atoms with E-state index in [1.165, 1.54) is 12.1 Å². The zero-order valence-corrected chi connectivity index (χ0v) is 15.2. The molecule has 0 unspecified atom stereocenters. The summed E-state index contributed by atoms with van der Waals surface area (Å²) in [6, 6.07) is 7.77. The largest absolute Gasteiger partial charge is 0.447 e. The Morgan fingerprint density at radius 1 is 1.12 bits per heavy atom. The Kier molecular flexibility index (Phi) is 4.91. The van der Waals surface area contributed by atoms with Crippen LogP contribution in [0.2, 0.25) is 10.0 Å². The summed E-state index contributed by atoms with van der Waals surface area (Å²) in [6.07, 6.45) is 1.45. The third-order valence-electron chi connectivity index (χ3n) is 4.43. The molecule has 1 aromatic heterocycles. The van der Waals surface area contributed by atoms with Crippen molar-refractivity contribution in [3.63, 3.8) is 0 Å². The number of carbonyl (C=O) groups is 2. The molecule has 2 N–H and O–H groups in total. The standard InChI is InChI=1S/C18H18Cl2N2O3/c1-18(21)7-9-22(10-8-18)17(24)14-6-5-13(25-14)16(23)11-3-2-4-12(19)15(11)20/h2-6H,7-10,21H2,1H3. The summed E-state index contributed by atoms with van der Waals surface area (Å²) in [7, 11) is 0. The number of piperidine rings is 1. The van der Waals surface area contributed by atoms with Crippen LogP contribution in [0.1, 0.15) is 46.4 Å². The van der Waals surface area contributed by atoms with Crippen molar-refractivity contribution in [3.8, 4) is 0 Å². The number of likely N-dealkylation sites (tertiary alicyclic amines) is 1. The SMILES string of the molecule is CC1(N)CCN(C(=O)c2ccc(C(=O)c3cccc(Cl)c3Cl)o2)CC1. The molecule has 25 heavy (non-hydrogen) atoms. The van der Waals surface area contributed by atoms with Crippen LogP contribution in [0.3, 0.4) is 0 Å². The molecule has 1 fully saturated rings. The van der Waals surface area contributed by atoms with Gasteiger partial charge in [-0.25, -0.2) is 0 Å². The van der Waals surface area contributed by atoms with Gasteiger partial charge in [0.25, 0.3) is 5.91 Å². The molecule has 0 saturated carbocycles. The maximum atomic E-state index is 12.5. The molecule has 0 spiro atoms. The molecule has 0 aliphatic carbocycles. The highest BCUT2D eigenvalue weighted by Crippen LogP contribution is 2.28. The van der Waals surface area contributed by atoms with Gasteiger partial charge in [-0.1, -0.05) is 29.3 Å². The van der Waals surface area contributed by atoms with Gasteiger partial charge in [0.05, 0.1) is 10.0 Å². The molecule has 1 saturated heterocycles. The smallest absolute Gasteiger partial charge is 0.289 e. The molecule has 1 aliphatic rings. The fourth-order valence-corrected chi connectivity index (χ4v) is 3.15. The molecule has 2 heterocycles. The molecule has 132 valence electrons. The van der Waals surface area contributed by atoms with Crippen molar-refractivity contribution < 1.29 is 14.0 Å². The molecule has 0 bridgehead atoms. The topological polar surface area (TPSA) is 76.5 Å². The van der Waals surface area contributed by atoms with Crippen LogP contribution in [0.15, 0.2) is 34.7 Å². The van der Waals surface area contributed by atoms with E-state index in [4.69, 9.17) is 33.4 Å². The van der Waals surface area contributed by atoms with E-state index in [1.807, 2.05) is 6.92 Å². The van der Waals surface area contributed by atoms with Gasteiger partial charge in [-0.2, -0.15) is 0 Å². The molecule has 5 nitrogen and oxygen atoms in total. The van der Waals surface area contributed by atoms with E-state index in [1.54, 1.807) is 23.1 Å². The van der Waals surface area contributed by atoms with Gasteiger partial charge in [0, 0.05) is 24.2 Å². The highest BCUT2D eigenvalue weighted by Gasteiger charge is 2.30. The van der Waals surface area contributed by atoms with Crippen LogP contribution < -0.4 is 5.73 Å². The van der Waals surface area contributed by atoms with Gasteiger partial charge in [-0.05, 0) is 44.0 Å². The molecule has 1 amide bonds. The van der Waals surface area contributed by atoms with Crippen LogP contribution in [0.4, 0.5) is 0 Å². The molecule has 1 aliphatic heterocycles. The quantitative estimate of drug-likeness (QED) is 0.822. The van der Waals surface area contributed by atoms with Crippen molar-refractivity contribution in [2.75, 3.05) is 13.1 Å². The first kappa shape index (κ1) is 18.0. The van der Waals surface area contributed by atoms with Crippen LogP contribution >= 0.6 is 23.2 Å². The van der Waals surface area contributed by atoms with Gasteiger partial charge in [-0.3, -0.25) is 9.59 Å². The second-order valence-corrected chi connectivity index (χ2v) is 7.33. The number of amides is 1. The first-order valence-electron chi connectivity index (χ1n) is 7.95. The summed E-state index contributed by atoms with van der Waals surface area (Å²) < 4.78 is 5.49. The Labute approximate surface area is 155 Å². The lowest BCUT2D eigenvalue weighted by Crippen LogP contribution is -2.49. The van der Waals surface area contributed by atoms with Crippen LogP contribution in [0.25, 0.3) is 0 Å². The second-order valence-electron chi connectivity index (χ2n) is 6.54. The molecule has 1 aromatic carbocycles. The molecule has 7 heteroatoms. The monoisotopic (exact) mass is 380 g/mol. The zero-order valence-electron chi connectivity index (χ0n) is 13.7. The molecule has 0 radical (unpaired) electrons. The summed E-state index contributed by atoms with van der Waals surface area (Å²) >= 11 is 12.0. The number of furan rings is 1. The van der Waals surface area contributed by atoms with Crippen molar-refractivity contribution in [3.05, 3.63) is 57.5 Å².